The number of amides is 3. The molecule has 4 atom stereocenters. The number of nitrogens with one attached hydrogen (secondary N) is 5. The first-order valence-electron chi connectivity index (χ1n) is 13.0. The van der Waals surface area contributed by atoms with E-state index in [9.17, 15) is 24.3 Å². The highest BCUT2D eigenvalue weighted by Gasteiger charge is 2.31. The molecule has 13 heteroatoms. The maximum Gasteiger partial charge on any atom is 0.326 e. The van der Waals surface area contributed by atoms with Crippen LogP contribution in [0, 0.1) is 5.92 Å². The Hall–Kier alpha value is -3.84. The van der Waals surface area contributed by atoms with E-state index in [2.05, 4.69) is 30.9 Å². The van der Waals surface area contributed by atoms with Crippen molar-refractivity contribution in [1.82, 2.24) is 30.9 Å². The molecule has 0 radical (unpaired) electrons. The molecule has 8 N–H and O–H groups in total. The van der Waals surface area contributed by atoms with Gasteiger partial charge in [-0.15, -0.1) is 0 Å². The molecule has 0 fully saturated rings. The van der Waals surface area contributed by atoms with Gasteiger partial charge in [-0.05, 0) is 36.0 Å². The van der Waals surface area contributed by atoms with Crippen LogP contribution in [-0.2, 0) is 32.0 Å². The smallest absolute Gasteiger partial charge is 0.326 e. The number of carboxylic acid groups (broad SMARTS) is 1. The van der Waals surface area contributed by atoms with Gasteiger partial charge in [0.15, 0.2) is 0 Å². The highest BCUT2D eigenvalue weighted by Crippen LogP contribution is 2.19. The summed E-state index contributed by atoms with van der Waals surface area (Å²) >= 11 is 1.51. The summed E-state index contributed by atoms with van der Waals surface area (Å²) in [6.45, 7) is 3.61. The lowest BCUT2D eigenvalue weighted by molar-refractivity contribution is -0.142. The van der Waals surface area contributed by atoms with Crippen molar-refractivity contribution < 1.29 is 24.3 Å². The molecular weight excluding hydrogens is 534 g/mol. The number of aromatic amines is 2. The monoisotopic (exact) mass is 571 g/mol. The van der Waals surface area contributed by atoms with Gasteiger partial charge in [0, 0.05) is 41.8 Å². The minimum absolute atomic E-state index is 0.0334. The first kappa shape index (κ1) is 30.7. The Bertz CT molecular complexity index is 1290. The lowest BCUT2D eigenvalue weighted by Gasteiger charge is -2.25. The van der Waals surface area contributed by atoms with E-state index in [0.29, 0.717) is 17.9 Å². The number of aliphatic carboxylic acids is 1. The second-order valence-corrected chi connectivity index (χ2v) is 10.9. The number of nitrogens with two attached hydrogens (primary N) is 1. The van der Waals surface area contributed by atoms with Crippen LogP contribution in [0.25, 0.3) is 10.9 Å². The second kappa shape index (κ2) is 14.5. The number of H-pyrrole nitrogens is 2. The molecule has 216 valence electrons. The van der Waals surface area contributed by atoms with Crippen molar-refractivity contribution in [3.63, 3.8) is 0 Å². The Labute approximate surface area is 236 Å². The van der Waals surface area contributed by atoms with Crippen molar-refractivity contribution in [1.29, 1.82) is 0 Å². The summed E-state index contributed by atoms with van der Waals surface area (Å²) < 4.78 is 0. The number of hydrogen-bond donors (Lipinski definition) is 7. The lowest BCUT2D eigenvalue weighted by Crippen LogP contribution is -2.58. The number of fused-ring (bicyclic) bond motifs is 1. The van der Waals surface area contributed by atoms with Gasteiger partial charge >= 0.3 is 5.97 Å². The van der Waals surface area contributed by atoms with Crippen LogP contribution in [0.2, 0.25) is 0 Å². The number of benzene rings is 1. The molecule has 3 aromatic rings. The maximum atomic E-state index is 13.4. The molecule has 4 unspecified atom stereocenters. The van der Waals surface area contributed by atoms with Gasteiger partial charge in [0.05, 0.1) is 12.4 Å². The first-order valence-corrected chi connectivity index (χ1v) is 14.4. The van der Waals surface area contributed by atoms with E-state index in [0.717, 1.165) is 16.5 Å². The molecule has 2 heterocycles. The van der Waals surface area contributed by atoms with Crippen molar-refractivity contribution >= 4 is 46.4 Å². The van der Waals surface area contributed by atoms with Crippen LogP contribution in [0.1, 0.15) is 31.5 Å². The first-order chi connectivity index (χ1) is 19.1. The Morgan fingerprint density at radius 1 is 0.975 bits per heavy atom. The largest absolute Gasteiger partial charge is 0.480 e. The Kier molecular flexibility index (Phi) is 11.1. The van der Waals surface area contributed by atoms with Crippen LogP contribution in [0.15, 0.2) is 43.0 Å². The van der Waals surface area contributed by atoms with E-state index in [-0.39, 0.29) is 18.8 Å². The fraction of sp³-hybridized carbons (Fsp3) is 0.444. The quantitative estimate of drug-likeness (QED) is 0.140. The van der Waals surface area contributed by atoms with Crippen LogP contribution in [0.3, 0.4) is 0 Å². The van der Waals surface area contributed by atoms with E-state index in [1.54, 1.807) is 20.0 Å². The number of rotatable bonds is 15. The van der Waals surface area contributed by atoms with Crippen LogP contribution < -0.4 is 21.7 Å². The van der Waals surface area contributed by atoms with Gasteiger partial charge in [-0.3, -0.25) is 14.4 Å². The van der Waals surface area contributed by atoms with Crippen LogP contribution in [-0.4, -0.2) is 79.9 Å². The SMILES string of the molecule is CSCCC(NC(=O)C(N)C(C)C)C(=O)NC(Cc1cnc[nH]1)C(=O)NC(Cc1c[nH]c2ccccc12)C(=O)O. The van der Waals surface area contributed by atoms with Gasteiger partial charge in [0.2, 0.25) is 17.7 Å². The van der Waals surface area contributed by atoms with Gasteiger partial charge in [0.1, 0.15) is 18.1 Å². The van der Waals surface area contributed by atoms with Crippen molar-refractivity contribution in [3.05, 3.63) is 54.2 Å². The molecule has 1 aromatic carbocycles. The summed E-state index contributed by atoms with van der Waals surface area (Å²) in [5.41, 5.74) is 8.12. The van der Waals surface area contributed by atoms with Crippen LogP contribution >= 0.6 is 11.8 Å². The average molecular weight is 572 g/mol. The molecule has 0 saturated carbocycles. The number of nitrogens with zero attached hydrogens (tertiary/aromatic N) is 1. The summed E-state index contributed by atoms with van der Waals surface area (Å²) in [7, 11) is 0. The third kappa shape index (κ3) is 8.33. The molecule has 0 aliphatic rings. The molecule has 0 spiro atoms. The van der Waals surface area contributed by atoms with E-state index < -0.39 is 47.9 Å². The van der Waals surface area contributed by atoms with Crippen molar-refractivity contribution in [3.8, 4) is 0 Å². The highest BCUT2D eigenvalue weighted by molar-refractivity contribution is 7.98. The zero-order valence-electron chi connectivity index (χ0n) is 22.8. The summed E-state index contributed by atoms with van der Waals surface area (Å²) in [6.07, 6.45) is 6.95. The molecule has 0 bridgehead atoms. The van der Waals surface area contributed by atoms with Crippen LogP contribution in [0.4, 0.5) is 0 Å². The average Bonchev–Trinajstić information content (AvgIpc) is 3.59. The fourth-order valence-corrected chi connectivity index (χ4v) is 4.64. The van der Waals surface area contributed by atoms with Gasteiger partial charge in [-0.25, -0.2) is 9.78 Å². The summed E-state index contributed by atoms with van der Waals surface area (Å²) in [4.78, 5) is 61.5. The predicted octanol–water partition coefficient (Wildman–Crippen LogP) is 0.952. The number of carboxylic acids is 1. The minimum Gasteiger partial charge on any atom is -0.480 e. The van der Waals surface area contributed by atoms with E-state index in [1.165, 1.54) is 24.3 Å². The van der Waals surface area contributed by atoms with Crippen molar-refractivity contribution in [2.24, 2.45) is 11.7 Å². The fourth-order valence-electron chi connectivity index (χ4n) is 4.17. The summed E-state index contributed by atoms with van der Waals surface area (Å²) in [5.74, 6) is -2.47. The zero-order chi connectivity index (χ0) is 29.2. The minimum atomic E-state index is -1.25. The molecule has 3 rings (SSSR count). The van der Waals surface area contributed by atoms with Gasteiger partial charge < -0.3 is 36.8 Å². The van der Waals surface area contributed by atoms with Gasteiger partial charge in [-0.2, -0.15) is 11.8 Å². The molecule has 3 amide bonds. The number of imidazole rings is 1. The molecule has 12 nitrogen and oxygen atoms in total. The predicted molar refractivity (Wildman–Crippen MR) is 154 cm³/mol. The summed E-state index contributed by atoms with van der Waals surface area (Å²) in [6, 6.07) is 3.37. The van der Waals surface area contributed by atoms with E-state index >= 15 is 0 Å². The third-order valence-electron chi connectivity index (χ3n) is 6.59. The van der Waals surface area contributed by atoms with Gasteiger partial charge in [-0.1, -0.05) is 32.0 Å². The molecular formula is C27H37N7O5S. The van der Waals surface area contributed by atoms with Crippen LogP contribution in [0.5, 0.6) is 0 Å². The number of hydrogen-bond acceptors (Lipinski definition) is 7. The van der Waals surface area contributed by atoms with Crippen molar-refractivity contribution in [2.75, 3.05) is 12.0 Å². The number of aromatic nitrogens is 3. The third-order valence-corrected chi connectivity index (χ3v) is 7.23. The molecule has 0 saturated heterocycles. The van der Waals surface area contributed by atoms with E-state index in [4.69, 9.17) is 5.73 Å². The molecule has 0 aliphatic carbocycles. The molecule has 40 heavy (non-hydrogen) atoms. The van der Waals surface area contributed by atoms with E-state index in [1.807, 2.05) is 30.5 Å². The highest BCUT2D eigenvalue weighted by atomic mass is 32.2. The second-order valence-electron chi connectivity index (χ2n) is 9.92. The number of carbonyl (C=O) groups excluding carboxylic acids is 3. The number of thioether (sulfide) groups is 1. The Morgan fingerprint density at radius 2 is 1.65 bits per heavy atom. The Morgan fingerprint density at radius 3 is 2.30 bits per heavy atom. The normalized spacial score (nSPS) is 14.3. The van der Waals surface area contributed by atoms with Gasteiger partial charge in [0.25, 0.3) is 0 Å². The lowest BCUT2D eigenvalue weighted by atomic mass is 10.0. The summed E-state index contributed by atoms with van der Waals surface area (Å²) in [5, 5.41) is 18.8. The maximum absolute atomic E-state index is 13.4. The Balaban J connectivity index is 1.78. The van der Waals surface area contributed by atoms with Crippen molar-refractivity contribution in [2.45, 2.75) is 57.3 Å². The molecule has 0 aliphatic heterocycles. The standard InChI is InChI=1S/C27H37N7O5S/c1-15(2)23(28)26(37)32-20(8-9-40-3)24(35)33-21(11-17-13-29-14-31-17)25(36)34-22(27(38)39)10-16-12-30-19-7-5-4-6-18(16)19/h4-7,12-15,20-23,30H,8-11,28H2,1-3H3,(H,29,31)(H,32,37)(H,33,35)(H,34,36)(H,38,39). The molecule has 2 aromatic heterocycles. The number of carbonyl (C=O) groups is 4. The number of para-hydroxylation sites is 1. The topological polar surface area (TPSA) is 195 Å². The zero-order valence-corrected chi connectivity index (χ0v) is 23.6.